The van der Waals surface area contributed by atoms with Crippen molar-refractivity contribution in [2.45, 2.75) is 64.0 Å². The van der Waals surface area contributed by atoms with E-state index in [4.69, 9.17) is 0 Å². The molecule has 0 spiro atoms. The number of nitrogens with zero attached hydrogens (tertiary/aromatic N) is 1. The van der Waals surface area contributed by atoms with Crippen molar-refractivity contribution in [3.05, 3.63) is 0 Å². The van der Waals surface area contributed by atoms with Gasteiger partial charge in [0.25, 0.3) is 0 Å². The van der Waals surface area contributed by atoms with Crippen molar-refractivity contribution < 1.29 is 0 Å². The van der Waals surface area contributed by atoms with E-state index in [0.29, 0.717) is 0 Å². The standard InChI is InChI=1S/C14H28N2/c1-12(9-10-15-2)16-11-5-7-13-6-3-4-8-14(13)16/h12-15H,3-11H2,1-2H3. The summed E-state index contributed by atoms with van der Waals surface area (Å²) in [6, 6.07) is 1.70. The summed E-state index contributed by atoms with van der Waals surface area (Å²) in [4.78, 5) is 2.82. The fraction of sp³-hybridized carbons (Fsp3) is 1.00. The Morgan fingerprint density at radius 3 is 2.75 bits per heavy atom. The summed E-state index contributed by atoms with van der Waals surface area (Å²) in [5, 5.41) is 3.28. The lowest BCUT2D eigenvalue weighted by molar-refractivity contribution is 0.0290. The molecule has 3 unspecified atom stereocenters. The Labute approximate surface area is 101 Å². The largest absolute Gasteiger partial charge is 0.320 e. The van der Waals surface area contributed by atoms with Gasteiger partial charge in [-0.1, -0.05) is 12.8 Å². The predicted molar refractivity (Wildman–Crippen MR) is 69.7 cm³/mol. The van der Waals surface area contributed by atoms with Crippen LogP contribution < -0.4 is 5.32 Å². The van der Waals surface area contributed by atoms with E-state index in [1.807, 2.05) is 0 Å². The lowest BCUT2D eigenvalue weighted by atomic mass is 9.77. The molecule has 2 rings (SSSR count). The topological polar surface area (TPSA) is 15.3 Å². The van der Waals surface area contributed by atoms with E-state index in [9.17, 15) is 0 Å². The summed E-state index contributed by atoms with van der Waals surface area (Å²) in [5.74, 6) is 1.03. The molecule has 1 N–H and O–H groups in total. The minimum Gasteiger partial charge on any atom is -0.320 e. The predicted octanol–water partition coefficient (Wildman–Crippen LogP) is 2.64. The number of rotatable bonds is 4. The van der Waals surface area contributed by atoms with Gasteiger partial charge < -0.3 is 5.32 Å². The molecular weight excluding hydrogens is 196 g/mol. The van der Waals surface area contributed by atoms with Gasteiger partial charge in [0.15, 0.2) is 0 Å². The average Bonchev–Trinajstić information content (AvgIpc) is 2.35. The number of likely N-dealkylation sites (tertiary alicyclic amines) is 1. The highest BCUT2D eigenvalue weighted by Crippen LogP contribution is 2.36. The Morgan fingerprint density at radius 2 is 1.94 bits per heavy atom. The Morgan fingerprint density at radius 1 is 1.19 bits per heavy atom. The van der Waals surface area contributed by atoms with Gasteiger partial charge in [0, 0.05) is 12.1 Å². The second-order valence-electron chi connectivity index (χ2n) is 5.73. The van der Waals surface area contributed by atoms with Crippen molar-refractivity contribution >= 4 is 0 Å². The highest BCUT2D eigenvalue weighted by atomic mass is 15.2. The van der Waals surface area contributed by atoms with Gasteiger partial charge in [0.2, 0.25) is 0 Å². The molecule has 1 saturated heterocycles. The molecule has 0 bridgehead atoms. The zero-order chi connectivity index (χ0) is 11.4. The molecule has 0 radical (unpaired) electrons. The smallest absolute Gasteiger partial charge is 0.0126 e. The molecule has 0 amide bonds. The maximum atomic E-state index is 3.28. The average molecular weight is 224 g/mol. The summed E-state index contributed by atoms with van der Waals surface area (Å²) in [5.41, 5.74) is 0. The van der Waals surface area contributed by atoms with Crippen molar-refractivity contribution in [2.24, 2.45) is 5.92 Å². The summed E-state index contributed by atoms with van der Waals surface area (Å²) < 4.78 is 0. The van der Waals surface area contributed by atoms with Gasteiger partial charge in [-0.2, -0.15) is 0 Å². The van der Waals surface area contributed by atoms with Gasteiger partial charge in [-0.3, -0.25) is 4.90 Å². The van der Waals surface area contributed by atoms with Crippen molar-refractivity contribution in [3.8, 4) is 0 Å². The first-order valence-electron chi connectivity index (χ1n) is 7.23. The quantitative estimate of drug-likeness (QED) is 0.790. The molecule has 0 aromatic heterocycles. The van der Waals surface area contributed by atoms with Gasteiger partial charge in [0.1, 0.15) is 0 Å². The van der Waals surface area contributed by atoms with Crippen LogP contribution in [-0.4, -0.2) is 37.1 Å². The third-order valence-electron chi connectivity index (χ3n) is 4.66. The molecule has 16 heavy (non-hydrogen) atoms. The van der Waals surface area contributed by atoms with Crippen LogP contribution in [0.3, 0.4) is 0 Å². The first kappa shape index (κ1) is 12.4. The molecule has 1 aliphatic carbocycles. The van der Waals surface area contributed by atoms with Crippen LogP contribution in [0.1, 0.15) is 51.9 Å². The third kappa shape index (κ3) is 2.78. The first-order chi connectivity index (χ1) is 7.83. The third-order valence-corrected chi connectivity index (χ3v) is 4.66. The molecule has 2 aliphatic rings. The lowest BCUT2D eigenvalue weighted by Crippen LogP contribution is -2.51. The monoisotopic (exact) mass is 224 g/mol. The molecule has 0 aromatic rings. The number of piperidine rings is 1. The van der Waals surface area contributed by atoms with Crippen LogP contribution in [0.4, 0.5) is 0 Å². The fourth-order valence-corrected chi connectivity index (χ4v) is 3.73. The molecule has 2 fully saturated rings. The van der Waals surface area contributed by atoms with Crippen LogP contribution in [0.25, 0.3) is 0 Å². The van der Waals surface area contributed by atoms with Crippen molar-refractivity contribution in [2.75, 3.05) is 20.1 Å². The molecule has 0 aromatic carbocycles. The lowest BCUT2D eigenvalue weighted by Gasteiger charge is -2.47. The van der Waals surface area contributed by atoms with E-state index >= 15 is 0 Å². The summed E-state index contributed by atoms with van der Waals surface area (Å²) in [6.45, 7) is 4.94. The second kappa shape index (κ2) is 6.02. The summed E-state index contributed by atoms with van der Waals surface area (Å²) >= 11 is 0. The molecule has 2 heteroatoms. The van der Waals surface area contributed by atoms with Crippen molar-refractivity contribution in [1.29, 1.82) is 0 Å². The van der Waals surface area contributed by atoms with E-state index in [1.54, 1.807) is 0 Å². The highest BCUT2D eigenvalue weighted by Gasteiger charge is 2.34. The Balaban J connectivity index is 1.91. The Hall–Kier alpha value is -0.0800. The maximum absolute atomic E-state index is 3.28. The normalized spacial score (nSPS) is 33.4. The fourth-order valence-electron chi connectivity index (χ4n) is 3.73. The Bertz CT molecular complexity index is 203. The number of fused-ring (bicyclic) bond motifs is 1. The van der Waals surface area contributed by atoms with E-state index in [2.05, 4.69) is 24.2 Å². The van der Waals surface area contributed by atoms with Crippen molar-refractivity contribution in [1.82, 2.24) is 10.2 Å². The van der Waals surface area contributed by atoms with Crippen LogP contribution in [0.2, 0.25) is 0 Å². The zero-order valence-electron chi connectivity index (χ0n) is 11.0. The molecule has 1 heterocycles. The summed E-state index contributed by atoms with van der Waals surface area (Å²) in [7, 11) is 2.06. The first-order valence-corrected chi connectivity index (χ1v) is 7.23. The maximum Gasteiger partial charge on any atom is 0.0126 e. The molecule has 94 valence electrons. The van der Waals surface area contributed by atoms with Gasteiger partial charge in [-0.05, 0) is 65.1 Å². The molecule has 3 atom stereocenters. The minimum absolute atomic E-state index is 0.776. The highest BCUT2D eigenvalue weighted by molar-refractivity contribution is 4.89. The molecule has 2 nitrogen and oxygen atoms in total. The van der Waals surface area contributed by atoms with E-state index in [-0.39, 0.29) is 0 Å². The molecular formula is C14H28N2. The van der Waals surface area contributed by atoms with E-state index in [0.717, 1.165) is 24.5 Å². The van der Waals surface area contributed by atoms with Gasteiger partial charge in [-0.25, -0.2) is 0 Å². The number of hydrogen-bond acceptors (Lipinski definition) is 2. The van der Waals surface area contributed by atoms with Gasteiger partial charge in [-0.15, -0.1) is 0 Å². The SMILES string of the molecule is CNCCC(C)N1CCCC2CCCCC21. The molecule has 1 aliphatic heterocycles. The minimum atomic E-state index is 0.776. The zero-order valence-corrected chi connectivity index (χ0v) is 11.0. The molecule has 1 saturated carbocycles. The van der Waals surface area contributed by atoms with Crippen molar-refractivity contribution in [3.63, 3.8) is 0 Å². The van der Waals surface area contributed by atoms with Gasteiger partial charge >= 0.3 is 0 Å². The van der Waals surface area contributed by atoms with E-state index < -0.39 is 0 Å². The van der Waals surface area contributed by atoms with Crippen LogP contribution in [0, 0.1) is 5.92 Å². The Kier molecular flexibility index (Phi) is 4.66. The van der Waals surface area contributed by atoms with Crippen LogP contribution in [-0.2, 0) is 0 Å². The van der Waals surface area contributed by atoms with Crippen LogP contribution in [0.15, 0.2) is 0 Å². The number of hydrogen-bond donors (Lipinski definition) is 1. The van der Waals surface area contributed by atoms with Crippen LogP contribution >= 0.6 is 0 Å². The second-order valence-corrected chi connectivity index (χ2v) is 5.73. The van der Waals surface area contributed by atoms with Gasteiger partial charge in [0.05, 0.1) is 0 Å². The summed E-state index contributed by atoms with van der Waals surface area (Å²) in [6.07, 6.45) is 10.2. The number of nitrogens with one attached hydrogen (secondary N) is 1. The van der Waals surface area contributed by atoms with E-state index in [1.165, 1.54) is 51.5 Å². The van der Waals surface area contributed by atoms with Crippen LogP contribution in [0.5, 0.6) is 0 Å².